The Hall–Kier alpha value is -2.53. The molecule has 2 aromatic heterocycles. The van der Waals surface area contributed by atoms with Crippen LogP contribution in [0.1, 0.15) is 21.2 Å². The Bertz CT molecular complexity index is 946. The second-order valence-corrected chi connectivity index (χ2v) is 7.13. The number of piperazine rings is 1. The van der Waals surface area contributed by atoms with Crippen molar-refractivity contribution in [3.63, 3.8) is 0 Å². The molecule has 1 saturated heterocycles. The van der Waals surface area contributed by atoms with E-state index in [1.807, 2.05) is 18.2 Å². The number of nitrogens with zero attached hydrogens (tertiary/aromatic N) is 6. The summed E-state index contributed by atoms with van der Waals surface area (Å²) in [7, 11) is 0. The van der Waals surface area contributed by atoms with E-state index in [1.54, 1.807) is 4.90 Å². The second kappa shape index (κ2) is 6.89. The zero-order valence-electron chi connectivity index (χ0n) is 14.1. The van der Waals surface area contributed by atoms with Crippen LogP contribution in [-0.4, -0.2) is 61.7 Å². The first-order valence-corrected chi connectivity index (χ1v) is 9.08. The topological polar surface area (TPSA) is 66.6 Å². The van der Waals surface area contributed by atoms with E-state index < -0.39 is 12.0 Å². The molecule has 4 rings (SSSR count). The average Bonchev–Trinajstić information content (AvgIpc) is 3.22. The predicted octanol–water partition coefficient (Wildman–Crippen LogP) is 2.16. The molecule has 11 heteroatoms. The molecular formula is C16H15F3N6OS. The molecule has 1 amide bonds. The number of amides is 1. The highest BCUT2D eigenvalue weighted by Crippen LogP contribution is 2.29. The Morgan fingerprint density at radius 1 is 1.07 bits per heavy atom. The number of carbonyl (C=O) groups excluding carboxylic acids is 1. The molecule has 1 aromatic carbocycles. The van der Waals surface area contributed by atoms with E-state index in [9.17, 15) is 18.0 Å². The molecule has 27 heavy (non-hydrogen) atoms. The van der Waals surface area contributed by atoms with Crippen molar-refractivity contribution >= 4 is 22.2 Å². The van der Waals surface area contributed by atoms with Crippen molar-refractivity contribution < 1.29 is 18.0 Å². The van der Waals surface area contributed by atoms with Gasteiger partial charge in [0.25, 0.3) is 11.7 Å². The van der Waals surface area contributed by atoms with Gasteiger partial charge >= 0.3 is 6.18 Å². The minimum Gasteiger partial charge on any atom is -0.334 e. The molecule has 1 fully saturated rings. The number of rotatable bonds is 3. The maximum Gasteiger partial charge on any atom is 0.453 e. The smallest absolute Gasteiger partial charge is 0.334 e. The van der Waals surface area contributed by atoms with Gasteiger partial charge in [0.05, 0.1) is 0 Å². The van der Waals surface area contributed by atoms with Crippen LogP contribution in [0.5, 0.6) is 0 Å². The van der Waals surface area contributed by atoms with Crippen molar-refractivity contribution in [1.82, 2.24) is 29.6 Å². The van der Waals surface area contributed by atoms with Gasteiger partial charge in [0.1, 0.15) is 0 Å². The lowest BCUT2D eigenvalue weighted by atomic mass is 10.2. The zero-order chi connectivity index (χ0) is 19.0. The van der Waals surface area contributed by atoms with Crippen molar-refractivity contribution in [2.45, 2.75) is 12.7 Å². The average molecular weight is 396 g/mol. The summed E-state index contributed by atoms with van der Waals surface area (Å²) in [6.45, 7) is 3.18. The van der Waals surface area contributed by atoms with Gasteiger partial charge in [-0.3, -0.25) is 9.69 Å². The summed E-state index contributed by atoms with van der Waals surface area (Å²) in [6, 6.07) is 10.0. The first kappa shape index (κ1) is 17.9. The molecule has 0 spiro atoms. The van der Waals surface area contributed by atoms with Crippen LogP contribution in [0.4, 0.5) is 13.2 Å². The quantitative estimate of drug-likeness (QED) is 0.679. The third-order valence-electron chi connectivity index (χ3n) is 4.34. The van der Waals surface area contributed by atoms with Gasteiger partial charge in [0.15, 0.2) is 0 Å². The number of carbonyl (C=O) groups is 1. The van der Waals surface area contributed by atoms with Gasteiger partial charge < -0.3 is 4.90 Å². The summed E-state index contributed by atoms with van der Waals surface area (Å²) >= 11 is 0.813. The van der Waals surface area contributed by atoms with Crippen LogP contribution in [0.25, 0.3) is 4.96 Å². The second-order valence-electron chi connectivity index (χ2n) is 6.18. The summed E-state index contributed by atoms with van der Waals surface area (Å²) in [5.74, 6) is -1.60. The first-order valence-electron chi connectivity index (χ1n) is 8.27. The maximum absolute atomic E-state index is 12.9. The standard InChI is InChI=1S/C16H15F3N6OS/c17-16(18,19)14-20-21-15-25(14)22-12(27-15)13(26)24-8-6-23(7-9-24)10-11-4-2-1-3-5-11/h1-5H,6-10H2. The fourth-order valence-corrected chi connectivity index (χ4v) is 3.77. The summed E-state index contributed by atoms with van der Waals surface area (Å²) in [5, 5.41) is 10.3. The minimum atomic E-state index is -4.67. The van der Waals surface area contributed by atoms with Crippen LogP contribution in [0.3, 0.4) is 0 Å². The van der Waals surface area contributed by atoms with Gasteiger partial charge in [0.2, 0.25) is 9.97 Å². The SMILES string of the molecule is O=C(c1nn2c(C(F)(F)F)nnc2s1)N1CCN(Cc2ccccc2)CC1. The van der Waals surface area contributed by atoms with E-state index in [2.05, 4.69) is 32.3 Å². The molecule has 0 atom stereocenters. The molecule has 1 aliphatic heterocycles. The van der Waals surface area contributed by atoms with Crippen molar-refractivity contribution in [3.05, 3.63) is 46.7 Å². The van der Waals surface area contributed by atoms with Gasteiger partial charge in [-0.1, -0.05) is 41.7 Å². The van der Waals surface area contributed by atoms with E-state index in [-0.39, 0.29) is 15.9 Å². The zero-order valence-corrected chi connectivity index (χ0v) is 14.9. The van der Waals surface area contributed by atoms with Gasteiger partial charge in [-0.05, 0) is 5.56 Å². The third kappa shape index (κ3) is 3.65. The normalized spacial score (nSPS) is 16.2. The van der Waals surface area contributed by atoms with Crippen molar-refractivity contribution in [2.24, 2.45) is 0 Å². The molecule has 0 radical (unpaired) electrons. The number of fused-ring (bicyclic) bond motifs is 1. The Balaban J connectivity index is 1.42. The molecule has 0 unspecified atom stereocenters. The molecule has 3 aromatic rings. The Kier molecular flexibility index (Phi) is 4.56. The van der Waals surface area contributed by atoms with Crippen molar-refractivity contribution in [2.75, 3.05) is 26.2 Å². The largest absolute Gasteiger partial charge is 0.453 e. The minimum absolute atomic E-state index is 0.0121. The van der Waals surface area contributed by atoms with E-state index in [0.717, 1.165) is 17.9 Å². The predicted molar refractivity (Wildman–Crippen MR) is 91.3 cm³/mol. The van der Waals surface area contributed by atoms with E-state index in [4.69, 9.17) is 0 Å². The lowest BCUT2D eigenvalue weighted by Gasteiger charge is -2.34. The highest BCUT2D eigenvalue weighted by molar-refractivity contribution is 7.18. The highest BCUT2D eigenvalue weighted by Gasteiger charge is 2.39. The molecule has 142 valence electrons. The fraction of sp³-hybridized carbons (Fsp3) is 0.375. The Morgan fingerprint density at radius 2 is 1.78 bits per heavy atom. The van der Waals surface area contributed by atoms with Crippen LogP contribution in [0.15, 0.2) is 30.3 Å². The number of hydrogen-bond acceptors (Lipinski definition) is 6. The summed E-state index contributed by atoms with van der Waals surface area (Å²) in [4.78, 5) is 16.4. The summed E-state index contributed by atoms with van der Waals surface area (Å²) in [5.41, 5.74) is 1.20. The summed E-state index contributed by atoms with van der Waals surface area (Å²) < 4.78 is 39.2. The number of alkyl halides is 3. The van der Waals surface area contributed by atoms with Crippen molar-refractivity contribution in [3.8, 4) is 0 Å². The first-order chi connectivity index (χ1) is 12.9. The van der Waals surface area contributed by atoms with Gasteiger partial charge in [-0.25, -0.2) is 0 Å². The van der Waals surface area contributed by atoms with Crippen LogP contribution < -0.4 is 0 Å². The lowest BCUT2D eigenvalue weighted by molar-refractivity contribution is -0.146. The molecule has 0 saturated carbocycles. The number of benzene rings is 1. The van der Waals surface area contributed by atoms with Crippen LogP contribution in [-0.2, 0) is 12.7 Å². The van der Waals surface area contributed by atoms with Crippen molar-refractivity contribution in [1.29, 1.82) is 0 Å². The third-order valence-corrected chi connectivity index (χ3v) is 5.22. The number of aromatic nitrogens is 4. The highest BCUT2D eigenvalue weighted by atomic mass is 32.1. The van der Waals surface area contributed by atoms with Crippen LogP contribution >= 0.6 is 11.3 Å². The number of halogens is 3. The lowest BCUT2D eigenvalue weighted by Crippen LogP contribution is -2.48. The molecule has 3 heterocycles. The van der Waals surface area contributed by atoms with Crippen LogP contribution in [0.2, 0.25) is 0 Å². The van der Waals surface area contributed by atoms with Gasteiger partial charge in [-0.2, -0.15) is 17.7 Å². The molecule has 0 bridgehead atoms. The van der Waals surface area contributed by atoms with E-state index in [1.165, 1.54) is 5.56 Å². The fourth-order valence-electron chi connectivity index (χ4n) is 2.97. The Labute approximate surface area is 156 Å². The molecule has 0 N–H and O–H groups in total. The maximum atomic E-state index is 12.9. The molecular weight excluding hydrogens is 381 g/mol. The van der Waals surface area contributed by atoms with Gasteiger partial charge in [-0.15, -0.1) is 15.3 Å². The monoisotopic (exact) mass is 396 g/mol. The number of hydrogen-bond donors (Lipinski definition) is 0. The molecule has 7 nitrogen and oxygen atoms in total. The Morgan fingerprint density at radius 3 is 2.44 bits per heavy atom. The van der Waals surface area contributed by atoms with E-state index in [0.29, 0.717) is 30.7 Å². The molecule has 1 aliphatic rings. The van der Waals surface area contributed by atoms with Gasteiger partial charge in [0, 0.05) is 32.7 Å². The molecule has 0 aliphatic carbocycles. The van der Waals surface area contributed by atoms with E-state index >= 15 is 0 Å². The van der Waals surface area contributed by atoms with Crippen LogP contribution in [0, 0.1) is 0 Å². The summed E-state index contributed by atoms with van der Waals surface area (Å²) in [6.07, 6.45) is -4.67.